The molecule has 2 heterocycles. The molecule has 0 fully saturated rings. The quantitative estimate of drug-likeness (QED) is 0.643. The van der Waals surface area contributed by atoms with Crippen molar-refractivity contribution in [2.24, 2.45) is 12.0 Å². The molecule has 1 aliphatic rings. The topological polar surface area (TPSA) is 54.2 Å². The zero-order chi connectivity index (χ0) is 9.26. The van der Waals surface area contributed by atoms with Crippen LogP contribution in [0.4, 0.5) is 5.82 Å². The Labute approximate surface area is 76.9 Å². The van der Waals surface area contributed by atoms with Crippen molar-refractivity contribution in [3.63, 3.8) is 0 Å². The fraction of sp³-hybridized carbons (Fsp3) is 0.500. The van der Waals surface area contributed by atoms with Crippen molar-refractivity contribution in [2.45, 2.75) is 6.92 Å². The van der Waals surface area contributed by atoms with Crippen molar-refractivity contribution in [1.82, 2.24) is 15.1 Å². The van der Waals surface area contributed by atoms with Crippen molar-refractivity contribution in [3.8, 4) is 0 Å². The number of nitrogens with one attached hydrogen (secondary N) is 2. The van der Waals surface area contributed by atoms with Crippen LogP contribution in [-0.2, 0) is 7.05 Å². The first-order valence-corrected chi connectivity index (χ1v) is 4.32. The van der Waals surface area contributed by atoms with Crippen molar-refractivity contribution in [1.29, 1.82) is 0 Å². The van der Waals surface area contributed by atoms with E-state index in [1.54, 1.807) is 0 Å². The van der Waals surface area contributed by atoms with Gasteiger partial charge in [0.05, 0.1) is 6.54 Å². The molecule has 1 aromatic rings. The van der Waals surface area contributed by atoms with Crippen LogP contribution in [0.3, 0.4) is 0 Å². The van der Waals surface area contributed by atoms with Crippen molar-refractivity contribution in [2.75, 3.05) is 18.4 Å². The average Bonchev–Trinajstić information content (AvgIpc) is 2.64. The van der Waals surface area contributed by atoms with E-state index in [0.29, 0.717) is 0 Å². The van der Waals surface area contributed by atoms with E-state index in [1.165, 1.54) is 0 Å². The summed E-state index contributed by atoms with van der Waals surface area (Å²) in [6.45, 7) is 3.77. The van der Waals surface area contributed by atoms with Gasteiger partial charge in [0.2, 0.25) is 0 Å². The summed E-state index contributed by atoms with van der Waals surface area (Å²) in [7, 11) is 1.92. The van der Waals surface area contributed by atoms with E-state index in [9.17, 15) is 0 Å². The molecular weight excluding hydrogens is 166 g/mol. The van der Waals surface area contributed by atoms with Crippen LogP contribution in [0.2, 0.25) is 0 Å². The monoisotopic (exact) mass is 179 g/mol. The Morgan fingerprint density at radius 1 is 1.62 bits per heavy atom. The molecule has 0 saturated carbocycles. The van der Waals surface area contributed by atoms with Crippen LogP contribution >= 0.6 is 0 Å². The summed E-state index contributed by atoms with van der Waals surface area (Å²) in [6.07, 6.45) is 0. The molecule has 70 valence electrons. The Bertz CT molecular complexity index is 319. The van der Waals surface area contributed by atoms with E-state index in [-0.39, 0.29) is 0 Å². The molecule has 0 bridgehead atoms. The zero-order valence-electron chi connectivity index (χ0n) is 7.83. The van der Waals surface area contributed by atoms with Gasteiger partial charge in [0.15, 0.2) is 11.8 Å². The number of guanidine groups is 1. The van der Waals surface area contributed by atoms with Crippen LogP contribution < -0.4 is 10.6 Å². The maximum absolute atomic E-state index is 4.26. The number of hydrogen-bond acceptors (Lipinski definition) is 4. The normalized spacial score (nSPS) is 15.4. The zero-order valence-corrected chi connectivity index (χ0v) is 7.83. The van der Waals surface area contributed by atoms with E-state index in [1.807, 2.05) is 24.7 Å². The Balaban J connectivity index is 2.09. The van der Waals surface area contributed by atoms with Gasteiger partial charge >= 0.3 is 0 Å². The van der Waals surface area contributed by atoms with Crippen molar-refractivity contribution < 1.29 is 0 Å². The average molecular weight is 179 g/mol. The lowest BCUT2D eigenvalue weighted by molar-refractivity contribution is 0.743. The molecule has 5 heteroatoms. The summed E-state index contributed by atoms with van der Waals surface area (Å²) in [6, 6.07) is 1.99. The summed E-state index contributed by atoms with van der Waals surface area (Å²) in [5.74, 6) is 1.66. The van der Waals surface area contributed by atoms with Gasteiger partial charge in [0.1, 0.15) is 0 Å². The van der Waals surface area contributed by atoms with Gasteiger partial charge in [-0.1, -0.05) is 0 Å². The van der Waals surface area contributed by atoms with E-state index in [2.05, 4.69) is 20.7 Å². The lowest BCUT2D eigenvalue weighted by atomic mass is 10.5. The standard InChI is InChI=1S/C8H13N5/c1-6-5-7(12-13(6)2)11-8-9-3-4-10-8/h5H,3-4H2,1-2H3,(H2,9,10,11,12). The second-order valence-electron chi connectivity index (χ2n) is 3.08. The fourth-order valence-corrected chi connectivity index (χ4v) is 1.22. The van der Waals surface area contributed by atoms with Gasteiger partial charge in [0.25, 0.3) is 0 Å². The third kappa shape index (κ3) is 1.63. The molecule has 2 rings (SSSR count). The highest BCUT2D eigenvalue weighted by atomic mass is 15.3. The lowest BCUT2D eigenvalue weighted by Gasteiger charge is -2.01. The minimum absolute atomic E-state index is 0.818. The molecule has 0 saturated heterocycles. The maximum atomic E-state index is 4.26. The Morgan fingerprint density at radius 2 is 2.46 bits per heavy atom. The highest BCUT2D eigenvalue weighted by Crippen LogP contribution is 2.06. The lowest BCUT2D eigenvalue weighted by Crippen LogP contribution is -2.26. The van der Waals surface area contributed by atoms with Crippen LogP contribution in [0.5, 0.6) is 0 Å². The highest BCUT2D eigenvalue weighted by molar-refractivity contribution is 5.93. The molecule has 0 aromatic carbocycles. The molecule has 1 aliphatic heterocycles. The third-order valence-corrected chi connectivity index (χ3v) is 2.03. The minimum atomic E-state index is 0.818. The van der Waals surface area contributed by atoms with Crippen LogP contribution in [0.15, 0.2) is 11.1 Å². The summed E-state index contributed by atoms with van der Waals surface area (Å²) >= 11 is 0. The van der Waals surface area contributed by atoms with Crippen LogP contribution in [0.1, 0.15) is 5.69 Å². The molecule has 0 spiro atoms. The van der Waals surface area contributed by atoms with Gasteiger partial charge in [0, 0.05) is 25.4 Å². The van der Waals surface area contributed by atoms with Gasteiger partial charge < -0.3 is 10.6 Å². The molecule has 1 aromatic heterocycles. The molecule has 13 heavy (non-hydrogen) atoms. The van der Waals surface area contributed by atoms with Gasteiger partial charge in [-0.05, 0) is 6.92 Å². The number of aliphatic imine (C=N–C) groups is 1. The number of anilines is 1. The molecule has 0 aliphatic carbocycles. The highest BCUT2D eigenvalue weighted by Gasteiger charge is 2.07. The van der Waals surface area contributed by atoms with E-state index >= 15 is 0 Å². The fourth-order valence-electron chi connectivity index (χ4n) is 1.22. The smallest absolute Gasteiger partial charge is 0.197 e. The largest absolute Gasteiger partial charge is 0.354 e. The predicted octanol–water partition coefficient (Wildman–Crippen LogP) is 0.0996. The van der Waals surface area contributed by atoms with Gasteiger partial charge in [-0.15, -0.1) is 0 Å². The van der Waals surface area contributed by atoms with Gasteiger partial charge in [-0.2, -0.15) is 5.10 Å². The Morgan fingerprint density at radius 3 is 3.00 bits per heavy atom. The molecule has 0 amide bonds. The van der Waals surface area contributed by atoms with Crippen LogP contribution in [0.25, 0.3) is 0 Å². The second-order valence-corrected chi connectivity index (χ2v) is 3.08. The number of hydrogen-bond donors (Lipinski definition) is 2. The van der Waals surface area contributed by atoms with E-state index < -0.39 is 0 Å². The third-order valence-electron chi connectivity index (χ3n) is 2.03. The molecule has 0 unspecified atom stereocenters. The van der Waals surface area contributed by atoms with Crippen LogP contribution in [0, 0.1) is 6.92 Å². The summed E-state index contributed by atoms with van der Waals surface area (Å²) in [4.78, 5) is 4.22. The molecule has 2 N–H and O–H groups in total. The SMILES string of the molecule is Cc1cc(NC2=NCCN2)nn1C. The molecule has 0 radical (unpaired) electrons. The molecule has 0 atom stereocenters. The second kappa shape index (κ2) is 3.08. The summed E-state index contributed by atoms with van der Waals surface area (Å²) < 4.78 is 1.83. The van der Waals surface area contributed by atoms with Crippen molar-refractivity contribution >= 4 is 11.8 Å². The van der Waals surface area contributed by atoms with Crippen LogP contribution in [-0.4, -0.2) is 28.8 Å². The van der Waals surface area contributed by atoms with E-state index in [4.69, 9.17) is 0 Å². The number of rotatable bonds is 1. The van der Waals surface area contributed by atoms with Gasteiger partial charge in [-0.3, -0.25) is 9.67 Å². The summed E-state index contributed by atoms with van der Waals surface area (Å²) in [5, 5.41) is 10.5. The van der Waals surface area contributed by atoms with E-state index in [0.717, 1.165) is 30.6 Å². The Kier molecular flexibility index (Phi) is 1.92. The number of nitrogens with zero attached hydrogens (tertiary/aromatic N) is 3. The molecular formula is C8H13N5. The predicted molar refractivity (Wildman–Crippen MR) is 51.9 cm³/mol. The first kappa shape index (κ1) is 8.10. The Hall–Kier alpha value is -1.52. The first-order chi connectivity index (χ1) is 6.25. The first-order valence-electron chi connectivity index (χ1n) is 4.32. The maximum Gasteiger partial charge on any atom is 0.197 e. The van der Waals surface area contributed by atoms with Crippen molar-refractivity contribution in [3.05, 3.63) is 11.8 Å². The molecule has 5 nitrogen and oxygen atoms in total. The van der Waals surface area contributed by atoms with Gasteiger partial charge in [-0.25, -0.2) is 0 Å². The minimum Gasteiger partial charge on any atom is -0.354 e. The number of aryl methyl sites for hydroxylation is 2. The number of aromatic nitrogens is 2. The summed E-state index contributed by atoms with van der Waals surface area (Å²) in [5.41, 5.74) is 1.13.